The van der Waals surface area contributed by atoms with E-state index in [1.807, 2.05) is 0 Å². The SMILES string of the molecule is COc1ccc(S(=O)(=O)NCCn2ccnn2)cc1-c1cccc(F)c1F. The number of rotatable bonds is 7. The van der Waals surface area contributed by atoms with Gasteiger partial charge in [0.15, 0.2) is 11.6 Å². The van der Waals surface area contributed by atoms with Crippen LogP contribution in [0.15, 0.2) is 53.7 Å². The molecule has 0 atom stereocenters. The molecule has 3 rings (SSSR count). The average Bonchev–Trinajstić information content (AvgIpc) is 3.17. The number of benzene rings is 2. The lowest BCUT2D eigenvalue weighted by atomic mass is 10.0. The molecule has 3 aromatic rings. The van der Waals surface area contributed by atoms with Crippen molar-refractivity contribution < 1.29 is 21.9 Å². The molecule has 0 fully saturated rings. The number of ether oxygens (including phenoxy) is 1. The van der Waals surface area contributed by atoms with Gasteiger partial charge in [-0.3, -0.25) is 4.68 Å². The van der Waals surface area contributed by atoms with E-state index in [1.54, 1.807) is 6.20 Å². The molecule has 1 heterocycles. The maximum absolute atomic E-state index is 14.2. The Morgan fingerprint density at radius 2 is 2.00 bits per heavy atom. The minimum atomic E-state index is -3.88. The van der Waals surface area contributed by atoms with Crippen LogP contribution in [0, 0.1) is 11.6 Å². The van der Waals surface area contributed by atoms with Crippen molar-refractivity contribution in [2.24, 2.45) is 0 Å². The predicted octanol–water partition coefficient (Wildman–Crippen LogP) is 2.21. The Bertz CT molecular complexity index is 1040. The third-order valence-corrected chi connectivity index (χ3v) is 5.29. The number of hydrogen-bond donors (Lipinski definition) is 1. The molecule has 0 saturated heterocycles. The third-order valence-electron chi connectivity index (χ3n) is 3.83. The zero-order valence-corrected chi connectivity index (χ0v) is 15.1. The van der Waals surface area contributed by atoms with Crippen LogP contribution in [0.1, 0.15) is 0 Å². The number of nitrogens with zero attached hydrogens (tertiary/aromatic N) is 3. The lowest BCUT2D eigenvalue weighted by molar-refractivity contribution is 0.415. The van der Waals surface area contributed by atoms with E-state index in [-0.39, 0.29) is 28.3 Å². The van der Waals surface area contributed by atoms with E-state index in [1.165, 1.54) is 48.3 Å². The number of methoxy groups -OCH3 is 1. The zero-order chi connectivity index (χ0) is 19.4. The van der Waals surface area contributed by atoms with Gasteiger partial charge in [0.05, 0.1) is 24.7 Å². The van der Waals surface area contributed by atoms with E-state index >= 15 is 0 Å². The molecule has 0 aliphatic heterocycles. The number of sulfonamides is 1. The molecular formula is C17H16F2N4O3S. The first kappa shape index (κ1) is 18.9. The fraction of sp³-hybridized carbons (Fsp3) is 0.176. The molecule has 0 aliphatic carbocycles. The van der Waals surface area contributed by atoms with Crippen molar-refractivity contribution >= 4 is 10.0 Å². The number of nitrogens with one attached hydrogen (secondary N) is 1. The smallest absolute Gasteiger partial charge is 0.240 e. The lowest BCUT2D eigenvalue weighted by Crippen LogP contribution is -2.27. The van der Waals surface area contributed by atoms with Crippen LogP contribution in [0.3, 0.4) is 0 Å². The van der Waals surface area contributed by atoms with Gasteiger partial charge >= 0.3 is 0 Å². The summed E-state index contributed by atoms with van der Waals surface area (Å²) in [5.41, 5.74) is 0.0418. The molecule has 2 aromatic carbocycles. The Morgan fingerprint density at radius 3 is 2.70 bits per heavy atom. The van der Waals surface area contributed by atoms with Gasteiger partial charge in [0.2, 0.25) is 10.0 Å². The Kier molecular flexibility index (Phi) is 5.47. The number of aromatic nitrogens is 3. The summed E-state index contributed by atoms with van der Waals surface area (Å²) in [6, 6.07) is 7.64. The van der Waals surface area contributed by atoms with Crippen LogP contribution in [-0.2, 0) is 16.6 Å². The molecular weight excluding hydrogens is 378 g/mol. The van der Waals surface area contributed by atoms with Crippen molar-refractivity contribution in [3.63, 3.8) is 0 Å². The molecule has 0 bridgehead atoms. The molecule has 1 aromatic heterocycles. The number of halogens is 2. The van der Waals surface area contributed by atoms with Gasteiger partial charge in [-0.25, -0.2) is 21.9 Å². The molecule has 0 aliphatic rings. The van der Waals surface area contributed by atoms with E-state index < -0.39 is 21.7 Å². The summed E-state index contributed by atoms with van der Waals surface area (Å²) in [4.78, 5) is -0.0967. The molecule has 10 heteroatoms. The molecule has 0 amide bonds. The van der Waals surface area contributed by atoms with Crippen LogP contribution in [0.5, 0.6) is 5.75 Å². The molecule has 0 radical (unpaired) electrons. The Morgan fingerprint density at radius 1 is 1.19 bits per heavy atom. The van der Waals surface area contributed by atoms with Crippen LogP contribution in [0.4, 0.5) is 8.78 Å². The van der Waals surface area contributed by atoms with Gasteiger partial charge in [-0.05, 0) is 24.3 Å². The van der Waals surface area contributed by atoms with E-state index in [2.05, 4.69) is 15.0 Å². The maximum atomic E-state index is 14.2. The van der Waals surface area contributed by atoms with E-state index in [0.717, 1.165) is 6.07 Å². The minimum Gasteiger partial charge on any atom is -0.496 e. The van der Waals surface area contributed by atoms with Crippen molar-refractivity contribution in [2.75, 3.05) is 13.7 Å². The molecule has 0 spiro atoms. The highest BCUT2D eigenvalue weighted by Crippen LogP contribution is 2.34. The van der Waals surface area contributed by atoms with Crippen LogP contribution < -0.4 is 9.46 Å². The predicted molar refractivity (Wildman–Crippen MR) is 93.6 cm³/mol. The highest BCUT2D eigenvalue weighted by atomic mass is 32.2. The molecule has 0 unspecified atom stereocenters. The van der Waals surface area contributed by atoms with Gasteiger partial charge in [0.25, 0.3) is 0 Å². The van der Waals surface area contributed by atoms with Gasteiger partial charge in [-0.15, -0.1) is 5.10 Å². The maximum Gasteiger partial charge on any atom is 0.240 e. The van der Waals surface area contributed by atoms with E-state index in [9.17, 15) is 17.2 Å². The van der Waals surface area contributed by atoms with Crippen molar-refractivity contribution in [2.45, 2.75) is 11.4 Å². The van der Waals surface area contributed by atoms with Crippen molar-refractivity contribution in [3.8, 4) is 16.9 Å². The standard InChI is InChI=1S/C17H16F2N4O3S/c1-26-16-6-5-12(11-14(16)13-3-2-4-15(18)17(13)19)27(24,25)21-8-10-23-9-7-20-22-23/h2-7,9,11,21H,8,10H2,1H3. The zero-order valence-electron chi connectivity index (χ0n) is 14.3. The molecule has 142 valence electrons. The topological polar surface area (TPSA) is 86.1 Å². The van der Waals surface area contributed by atoms with Crippen LogP contribution in [0.2, 0.25) is 0 Å². The highest BCUT2D eigenvalue weighted by molar-refractivity contribution is 7.89. The first-order chi connectivity index (χ1) is 12.9. The second kappa shape index (κ2) is 7.80. The van der Waals surface area contributed by atoms with Crippen LogP contribution in [-0.4, -0.2) is 37.1 Å². The average molecular weight is 394 g/mol. The Balaban J connectivity index is 1.91. The fourth-order valence-corrected chi connectivity index (χ4v) is 3.55. The third kappa shape index (κ3) is 4.12. The van der Waals surface area contributed by atoms with Gasteiger partial charge in [0.1, 0.15) is 5.75 Å². The summed E-state index contributed by atoms with van der Waals surface area (Å²) >= 11 is 0. The largest absolute Gasteiger partial charge is 0.496 e. The summed E-state index contributed by atoms with van der Waals surface area (Å²) in [6.45, 7) is 0.377. The monoisotopic (exact) mass is 394 g/mol. The van der Waals surface area contributed by atoms with Crippen LogP contribution in [0.25, 0.3) is 11.1 Å². The van der Waals surface area contributed by atoms with Crippen LogP contribution >= 0.6 is 0 Å². The van der Waals surface area contributed by atoms with Crippen molar-refractivity contribution in [1.29, 1.82) is 0 Å². The molecule has 7 nitrogen and oxygen atoms in total. The summed E-state index contributed by atoms with van der Waals surface area (Å²) in [5, 5.41) is 7.37. The van der Waals surface area contributed by atoms with Gasteiger partial charge in [-0.2, -0.15) is 0 Å². The van der Waals surface area contributed by atoms with Crippen molar-refractivity contribution in [1.82, 2.24) is 19.7 Å². The highest BCUT2D eigenvalue weighted by Gasteiger charge is 2.19. The van der Waals surface area contributed by atoms with Gasteiger partial charge < -0.3 is 4.74 Å². The van der Waals surface area contributed by atoms with Gasteiger partial charge in [-0.1, -0.05) is 17.3 Å². The molecule has 1 N–H and O–H groups in total. The fourth-order valence-electron chi connectivity index (χ4n) is 2.51. The second-order valence-electron chi connectivity index (χ2n) is 5.53. The first-order valence-electron chi connectivity index (χ1n) is 7.88. The minimum absolute atomic E-state index is 0.0847. The number of hydrogen-bond acceptors (Lipinski definition) is 5. The first-order valence-corrected chi connectivity index (χ1v) is 9.37. The Labute approximate surface area is 154 Å². The summed E-state index contributed by atoms with van der Waals surface area (Å²) < 4.78 is 61.9. The van der Waals surface area contributed by atoms with Crippen molar-refractivity contribution in [3.05, 3.63) is 60.4 Å². The lowest BCUT2D eigenvalue weighted by Gasteiger charge is -2.13. The Hall–Kier alpha value is -2.85. The normalized spacial score (nSPS) is 11.5. The summed E-state index contributed by atoms with van der Waals surface area (Å²) in [5.74, 6) is -1.89. The molecule has 27 heavy (non-hydrogen) atoms. The molecule has 0 saturated carbocycles. The summed E-state index contributed by atoms with van der Waals surface area (Å²) in [7, 11) is -2.51. The quantitative estimate of drug-likeness (QED) is 0.664. The van der Waals surface area contributed by atoms with E-state index in [0.29, 0.717) is 6.54 Å². The van der Waals surface area contributed by atoms with Gasteiger partial charge in [0, 0.05) is 23.9 Å². The summed E-state index contributed by atoms with van der Waals surface area (Å²) in [6.07, 6.45) is 3.09. The van der Waals surface area contributed by atoms with E-state index in [4.69, 9.17) is 4.74 Å². The second-order valence-corrected chi connectivity index (χ2v) is 7.29.